The average molecular weight is 232 g/mol. The van der Waals surface area contributed by atoms with Crippen molar-refractivity contribution in [1.82, 2.24) is 5.32 Å². The number of hydrogen-bond donors (Lipinski definition) is 1. The Balaban J connectivity index is 4.51. The lowest BCUT2D eigenvalue weighted by Gasteiger charge is -2.24. The van der Waals surface area contributed by atoms with Gasteiger partial charge >= 0.3 is 0 Å². The molecule has 0 spiro atoms. The quantitative estimate of drug-likeness (QED) is 0.707. The number of allylic oxidation sites excluding steroid dienone is 4. The van der Waals surface area contributed by atoms with E-state index in [9.17, 15) is 4.39 Å². The van der Waals surface area contributed by atoms with Gasteiger partial charge in [0.05, 0.1) is 5.03 Å². The summed E-state index contributed by atoms with van der Waals surface area (Å²) in [5, 5.41) is 3.25. The van der Waals surface area contributed by atoms with Crippen molar-refractivity contribution in [2.24, 2.45) is 0 Å². The third-order valence-electron chi connectivity index (χ3n) is 2.16. The summed E-state index contributed by atoms with van der Waals surface area (Å²) in [7, 11) is 1.87. The predicted molar refractivity (Wildman–Crippen MR) is 65.7 cm³/mol. The zero-order chi connectivity index (χ0) is 12.1. The molecule has 0 unspecified atom stereocenters. The van der Waals surface area contributed by atoms with Crippen LogP contribution in [-0.2, 0) is 0 Å². The van der Waals surface area contributed by atoms with E-state index in [1.54, 1.807) is 6.92 Å². The summed E-state index contributed by atoms with van der Waals surface area (Å²) in [4.78, 5) is 0. The first kappa shape index (κ1) is 14.4. The van der Waals surface area contributed by atoms with Crippen LogP contribution in [0.5, 0.6) is 0 Å². The standard InChI is InChI=1S/C12H19ClFN/c1-6-10(13)11(14)7-9(2)8-12(3,4)15-5/h6-7,15H,2,8H2,1,3-5H3/b10-6+,11-7+. The summed E-state index contributed by atoms with van der Waals surface area (Å²) in [6.45, 7) is 9.55. The van der Waals surface area contributed by atoms with Crippen molar-refractivity contribution < 1.29 is 4.39 Å². The summed E-state index contributed by atoms with van der Waals surface area (Å²) in [6.07, 6.45) is 3.57. The normalized spacial score (nSPS) is 14.3. The molecule has 0 heterocycles. The van der Waals surface area contributed by atoms with Gasteiger partial charge < -0.3 is 5.32 Å². The first-order valence-corrected chi connectivity index (χ1v) is 5.26. The number of hydrogen-bond acceptors (Lipinski definition) is 1. The van der Waals surface area contributed by atoms with Crippen LogP contribution in [0.1, 0.15) is 27.2 Å². The lowest BCUT2D eigenvalue weighted by Crippen LogP contribution is -2.36. The van der Waals surface area contributed by atoms with E-state index in [1.807, 2.05) is 20.9 Å². The summed E-state index contributed by atoms with van der Waals surface area (Å²) in [6, 6.07) is 0. The van der Waals surface area contributed by atoms with Gasteiger partial charge in [-0.05, 0) is 40.3 Å². The third-order valence-corrected chi connectivity index (χ3v) is 2.56. The molecular formula is C12H19ClFN. The molecule has 0 fully saturated rings. The van der Waals surface area contributed by atoms with E-state index < -0.39 is 5.83 Å². The lowest BCUT2D eigenvalue weighted by atomic mass is 9.95. The second-order valence-corrected chi connectivity index (χ2v) is 4.50. The topological polar surface area (TPSA) is 12.0 Å². The second kappa shape index (κ2) is 6.09. The van der Waals surface area contributed by atoms with Gasteiger partial charge in [0.25, 0.3) is 0 Å². The molecule has 0 aliphatic heterocycles. The Labute approximate surface area is 96.7 Å². The maximum atomic E-state index is 13.3. The van der Waals surface area contributed by atoms with E-state index in [2.05, 4.69) is 11.9 Å². The Hall–Kier alpha value is -0.600. The van der Waals surface area contributed by atoms with E-state index >= 15 is 0 Å². The summed E-state index contributed by atoms with van der Waals surface area (Å²) >= 11 is 5.63. The van der Waals surface area contributed by atoms with Crippen molar-refractivity contribution in [3.63, 3.8) is 0 Å². The Bertz CT molecular complexity index is 290. The van der Waals surface area contributed by atoms with Crippen molar-refractivity contribution in [3.8, 4) is 0 Å². The molecule has 0 aliphatic rings. The molecule has 0 atom stereocenters. The highest BCUT2D eigenvalue weighted by atomic mass is 35.5. The molecule has 0 radical (unpaired) electrons. The number of nitrogens with one attached hydrogen (secondary N) is 1. The van der Waals surface area contributed by atoms with Crippen LogP contribution in [0.4, 0.5) is 4.39 Å². The van der Waals surface area contributed by atoms with Crippen molar-refractivity contribution >= 4 is 11.6 Å². The van der Waals surface area contributed by atoms with Gasteiger partial charge in [0.15, 0.2) is 0 Å². The van der Waals surface area contributed by atoms with Gasteiger partial charge in [-0.15, -0.1) is 0 Å². The number of rotatable bonds is 5. The molecule has 0 bridgehead atoms. The van der Waals surface area contributed by atoms with Gasteiger partial charge in [-0.2, -0.15) is 0 Å². The molecule has 1 nitrogen and oxygen atoms in total. The average Bonchev–Trinajstić information content (AvgIpc) is 2.15. The van der Waals surface area contributed by atoms with Gasteiger partial charge in [0.2, 0.25) is 0 Å². The summed E-state index contributed by atoms with van der Waals surface area (Å²) in [5.74, 6) is -0.434. The maximum absolute atomic E-state index is 13.3. The van der Waals surface area contributed by atoms with Crippen molar-refractivity contribution in [2.75, 3.05) is 7.05 Å². The van der Waals surface area contributed by atoms with Gasteiger partial charge in [0, 0.05) is 5.54 Å². The van der Waals surface area contributed by atoms with Crippen LogP contribution in [0.2, 0.25) is 0 Å². The largest absolute Gasteiger partial charge is 0.314 e. The molecule has 0 aromatic carbocycles. The molecule has 1 N–H and O–H groups in total. The summed E-state index contributed by atoms with van der Waals surface area (Å²) < 4.78 is 13.3. The van der Waals surface area contributed by atoms with Gasteiger partial charge in [-0.1, -0.05) is 29.8 Å². The van der Waals surface area contributed by atoms with Crippen LogP contribution in [0.15, 0.2) is 35.2 Å². The van der Waals surface area contributed by atoms with Crippen LogP contribution in [0, 0.1) is 0 Å². The zero-order valence-corrected chi connectivity index (χ0v) is 10.6. The highest BCUT2D eigenvalue weighted by Crippen LogP contribution is 2.21. The number of halogens is 2. The molecule has 3 heteroatoms. The fourth-order valence-electron chi connectivity index (χ4n) is 1.09. The molecular weight excluding hydrogens is 213 g/mol. The molecule has 0 rings (SSSR count). The minimum absolute atomic E-state index is 0.0870. The maximum Gasteiger partial charge on any atom is 0.141 e. The van der Waals surface area contributed by atoms with E-state index in [0.29, 0.717) is 12.0 Å². The van der Waals surface area contributed by atoms with E-state index in [4.69, 9.17) is 11.6 Å². The Morgan fingerprint density at radius 1 is 1.53 bits per heavy atom. The van der Waals surface area contributed by atoms with Crippen LogP contribution in [0.25, 0.3) is 0 Å². The smallest absolute Gasteiger partial charge is 0.141 e. The molecule has 0 saturated carbocycles. The minimum Gasteiger partial charge on any atom is -0.314 e. The van der Waals surface area contributed by atoms with Crippen LogP contribution in [-0.4, -0.2) is 12.6 Å². The van der Waals surface area contributed by atoms with E-state index in [1.165, 1.54) is 12.2 Å². The first-order chi connectivity index (χ1) is 6.82. The lowest BCUT2D eigenvalue weighted by molar-refractivity contribution is 0.423. The first-order valence-electron chi connectivity index (χ1n) is 4.88. The van der Waals surface area contributed by atoms with Crippen molar-refractivity contribution in [1.29, 1.82) is 0 Å². The minimum atomic E-state index is -0.434. The van der Waals surface area contributed by atoms with Crippen LogP contribution in [0.3, 0.4) is 0 Å². The summed E-state index contributed by atoms with van der Waals surface area (Å²) in [5.41, 5.74) is 0.628. The molecule has 86 valence electrons. The van der Waals surface area contributed by atoms with Gasteiger partial charge in [-0.3, -0.25) is 0 Å². The third kappa shape index (κ3) is 5.75. The van der Waals surface area contributed by atoms with Gasteiger partial charge in [0.1, 0.15) is 5.83 Å². The molecule has 0 amide bonds. The SMILES string of the molecule is C=C(/C=C(F)\C(Cl)=C/C)CC(C)(C)NC. The molecule has 0 aromatic rings. The Kier molecular flexibility index (Phi) is 5.84. The molecule has 0 saturated heterocycles. The van der Waals surface area contributed by atoms with E-state index in [-0.39, 0.29) is 10.6 Å². The molecule has 0 aliphatic carbocycles. The highest BCUT2D eigenvalue weighted by Gasteiger charge is 2.15. The second-order valence-electron chi connectivity index (χ2n) is 4.10. The fraction of sp³-hybridized carbons (Fsp3) is 0.500. The monoisotopic (exact) mass is 231 g/mol. The van der Waals surface area contributed by atoms with Gasteiger partial charge in [-0.25, -0.2) is 4.39 Å². The molecule has 0 aromatic heterocycles. The Morgan fingerprint density at radius 3 is 2.47 bits per heavy atom. The van der Waals surface area contributed by atoms with Crippen molar-refractivity contribution in [3.05, 3.63) is 35.2 Å². The predicted octanol–water partition coefficient (Wildman–Crippen LogP) is 3.93. The van der Waals surface area contributed by atoms with Crippen LogP contribution < -0.4 is 5.32 Å². The fourth-order valence-corrected chi connectivity index (χ4v) is 1.15. The van der Waals surface area contributed by atoms with E-state index in [0.717, 1.165) is 0 Å². The zero-order valence-electron chi connectivity index (χ0n) is 9.82. The van der Waals surface area contributed by atoms with Crippen LogP contribution >= 0.6 is 11.6 Å². The van der Waals surface area contributed by atoms with Crippen molar-refractivity contribution in [2.45, 2.75) is 32.7 Å². The Morgan fingerprint density at radius 2 is 2.07 bits per heavy atom. The highest BCUT2D eigenvalue weighted by molar-refractivity contribution is 6.31. The molecule has 15 heavy (non-hydrogen) atoms.